The van der Waals surface area contributed by atoms with E-state index in [0.717, 1.165) is 22.6 Å². The molecule has 0 radical (unpaired) electrons. The summed E-state index contributed by atoms with van der Waals surface area (Å²) in [6.07, 6.45) is 0. The van der Waals surface area contributed by atoms with Crippen LogP contribution in [0.5, 0.6) is 0 Å². The molecule has 0 unspecified atom stereocenters. The highest BCUT2D eigenvalue weighted by atomic mass is 16.3. The van der Waals surface area contributed by atoms with Crippen molar-refractivity contribution >= 4 is 22.8 Å². The molecule has 4 N–H and O–H groups in total. The van der Waals surface area contributed by atoms with E-state index >= 15 is 0 Å². The zero-order valence-corrected chi connectivity index (χ0v) is 13.9. The highest BCUT2D eigenvalue weighted by Gasteiger charge is 2.18. The van der Waals surface area contributed by atoms with Crippen molar-refractivity contribution in [1.29, 1.82) is 0 Å². The summed E-state index contributed by atoms with van der Waals surface area (Å²) in [5, 5.41) is 8.46. The summed E-state index contributed by atoms with van der Waals surface area (Å²) < 4.78 is 7.34. The number of furan rings is 1. The topological polar surface area (TPSA) is 122 Å². The minimum absolute atomic E-state index is 0.143. The van der Waals surface area contributed by atoms with Crippen LogP contribution in [0.4, 0.5) is 11.6 Å². The summed E-state index contributed by atoms with van der Waals surface area (Å²) >= 11 is 0. The Hall–Kier alpha value is -3.42. The van der Waals surface area contributed by atoms with Gasteiger partial charge in [-0.1, -0.05) is 17.3 Å². The van der Waals surface area contributed by atoms with E-state index in [-0.39, 0.29) is 5.95 Å². The first-order valence-corrected chi connectivity index (χ1v) is 7.80. The number of anilines is 2. The lowest BCUT2D eigenvalue weighted by atomic mass is 10.1. The molecule has 25 heavy (non-hydrogen) atoms. The maximum Gasteiger partial charge on any atom is 0.222 e. The van der Waals surface area contributed by atoms with Crippen molar-refractivity contribution in [1.82, 2.24) is 25.0 Å². The van der Waals surface area contributed by atoms with E-state index in [2.05, 4.69) is 20.3 Å². The number of hydrogen-bond acceptors (Lipinski definition) is 7. The smallest absolute Gasteiger partial charge is 0.222 e. The van der Waals surface area contributed by atoms with Gasteiger partial charge in [0.1, 0.15) is 11.5 Å². The largest absolute Gasteiger partial charge is 0.460 e. The second kappa shape index (κ2) is 5.59. The van der Waals surface area contributed by atoms with Gasteiger partial charge in [-0.3, -0.25) is 0 Å². The minimum Gasteiger partial charge on any atom is -0.460 e. The Kier molecular flexibility index (Phi) is 3.38. The van der Waals surface area contributed by atoms with Crippen LogP contribution in [0, 0.1) is 13.8 Å². The van der Waals surface area contributed by atoms with Gasteiger partial charge in [0.15, 0.2) is 16.9 Å². The first-order chi connectivity index (χ1) is 12.0. The fourth-order valence-corrected chi connectivity index (χ4v) is 2.75. The molecule has 126 valence electrons. The lowest BCUT2D eigenvalue weighted by molar-refractivity contribution is 0.547. The SMILES string of the molecule is Cc1ccc(-c2nc(N)nc3c2nnn3Cc2cccc(N)c2C)o1. The normalized spacial score (nSPS) is 11.3. The molecule has 0 amide bonds. The molecule has 3 aromatic heterocycles. The van der Waals surface area contributed by atoms with Crippen LogP contribution in [-0.2, 0) is 6.54 Å². The van der Waals surface area contributed by atoms with E-state index in [9.17, 15) is 0 Å². The summed E-state index contributed by atoms with van der Waals surface area (Å²) in [5.74, 6) is 1.51. The van der Waals surface area contributed by atoms with Crippen molar-refractivity contribution in [3.8, 4) is 11.5 Å². The zero-order chi connectivity index (χ0) is 17.6. The molecule has 0 atom stereocenters. The number of nitrogen functional groups attached to an aromatic ring is 2. The van der Waals surface area contributed by atoms with Crippen molar-refractivity contribution in [2.45, 2.75) is 20.4 Å². The van der Waals surface area contributed by atoms with Crippen LogP contribution < -0.4 is 11.5 Å². The van der Waals surface area contributed by atoms with Crippen LogP contribution >= 0.6 is 0 Å². The van der Waals surface area contributed by atoms with Crippen LogP contribution in [-0.4, -0.2) is 25.0 Å². The third-order valence-electron chi connectivity index (χ3n) is 4.16. The predicted molar refractivity (Wildman–Crippen MR) is 94.7 cm³/mol. The number of benzene rings is 1. The Morgan fingerprint density at radius 1 is 1.08 bits per heavy atom. The van der Waals surface area contributed by atoms with Gasteiger partial charge in [0.2, 0.25) is 5.95 Å². The van der Waals surface area contributed by atoms with Gasteiger partial charge in [-0.2, -0.15) is 4.98 Å². The number of aromatic nitrogens is 5. The van der Waals surface area contributed by atoms with E-state index in [1.54, 1.807) is 4.68 Å². The molecule has 1 aromatic carbocycles. The van der Waals surface area contributed by atoms with Crippen molar-refractivity contribution < 1.29 is 4.42 Å². The number of rotatable bonds is 3. The third kappa shape index (κ3) is 2.57. The van der Waals surface area contributed by atoms with E-state index in [4.69, 9.17) is 15.9 Å². The number of nitrogens with two attached hydrogens (primary N) is 2. The molecule has 0 aliphatic rings. The molecule has 3 heterocycles. The highest BCUT2D eigenvalue weighted by molar-refractivity contribution is 5.86. The average molecular weight is 335 g/mol. The lowest BCUT2D eigenvalue weighted by Crippen LogP contribution is -2.07. The molecular weight excluding hydrogens is 318 g/mol. The van der Waals surface area contributed by atoms with Crippen molar-refractivity contribution in [3.63, 3.8) is 0 Å². The monoisotopic (exact) mass is 335 g/mol. The molecule has 4 rings (SSSR count). The fourth-order valence-electron chi connectivity index (χ4n) is 2.75. The van der Waals surface area contributed by atoms with Crippen LogP contribution in [0.15, 0.2) is 34.7 Å². The molecule has 4 aromatic rings. The summed E-state index contributed by atoms with van der Waals surface area (Å²) in [6, 6.07) is 9.48. The molecule has 8 heteroatoms. The summed E-state index contributed by atoms with van der Waals surface area (Å²) in [6.45, 7) is 4.33. The third-order valence-corrected chi connectivity index (χ3v) is 4.16. The Labute approximate surface area is 143 Å². The highest BCUT2D eigenvalue weighted by Crippen LogP contribution is 2.27. The summed E-state index contributed by atoms with van der Waals surface area (Å²) in [7, 11) is 0. The Morgan fingerprint density at radius 2 is 1.92 bits per heavy atom. The van der Waals surface area contributed by atoms with Gasteiger partial charge in [0.25, 0.3) is 0 Å². The van der Waals surface area contributed by atoms with E-state index < -0.39 is 0 Å². The first-order valence-electron chi connectivity index (χ1n) is 7.80. The molecule has 0 aliphatic carbocycles. The molecule has 0 aliphatic heterocycles. The molecule has 0 fully saturated rings. The molecule has 0 saturated heterocycles. The van der Waals surface area contributed by atoms with Gasteiger partial charge in [0.05, 0.1) is 6.54 Å². The number of nitrogens with zero attached hydrogens (tertiary/aromatic N) is 5. The summed E-state index contributed by atoms with van der Waals surface area (Å²) in [5.41, 5.74) is 16.3. The van der Waals surface area contributed by atoms with Crippen LogP contribution in [0.2, 0.25) is 0 Å². The quantitative estimate of drug-likeness (QED) is 0.551. The van der Waals surface area contributed by atoms with E-state index in [0.29, 0.717) is 29.2 Å². The van der Waals surface area contributed by atoms with Gasteiger partial charge in [0, 0.05) is 5.69 Å². The van der Waals surface area contributed by atoms with Crippen LogP contribution in [0.1, 0.15) is 16.9 Å². The standard InChI is InChI=1S/C17H17N7O/c1-9-6-7-13(25-9)14-15-16(21-17(19)20-14)24(23-22-15)8-11-4-3-5-12(18)10(11)2/h3-7H,8,18H2,1-2H3,(H2,19,20,21). The number of aryl methyl sites for hydroxylation is 1. The molecule has 8 nitrogen and oxygen atoms in total. The molecule has 0 saturated carbocycles. The molecule has 0 spiro atoms. The van der Waals surface area contributed by atoms with Gasteiger partial charge in [-0.15, -0.1) is 5.10 Å². The van der Waals surface area contributed by atoms with Crippen molar-refractivity contribution in [2.75, 3.05) is 11.5 Å². The Morgan fingerprint density at radius 3 is 2.68 bits per heavy atom. The second-order valence-electron chi connectivity index (χ2n) is 5.89. The van der Waals surface area contributed by atoms with E-state index in [1.807, 2.05) is 44.2 Å². The minimum atomic E-state index is 0.143. The zero-order valence-electron chi connectivity index (χ0n) is 13.9. The molecular formula is C17H17N7O. The second-order valence-corrected chi connectivity index (χ2v) is 5.89. The lowest BCUT2D eigenvalue weighted by Gasteiger charge is -2.08. The maximum absolute atomic E-state index is 5.99. The number of hydrogen-bond donors (Lipinski definition) is 2. The fraction of sp³-hybridized carbons (Fsp3) is 0.176. The average Bonchev–Trinajstić information content (AvgIpc) is 3.18. The Bertz CT molecular complexity index is 1080. The Balaban J connectivity index is 1.84. The van der Waals surface area contributed by atoms with Crippen molar-refractivity contribution in [2.24, 2.45) is 0 Å². The first kappa shape index (κ1) is 15.1. The predicted octanol–water partition coefficient (Wildman–Crippen LogP) is 2.31. The van der Waals surface area contributed by atoms with Gasteiger partial charge < -0.3 is 15.9 Å². The number of fused-ring (bicyclic) bond motifs is 1. The van der Waals surface area contributed by atoms with Gasteiger partial charge in [-0.25, -0.2) is 9.67 Å². The van der Waals surface area contributed by atoms with Crippen LogP contribution in [0.25, 0.3) is 22.6 Å². The van der Waals surface area contributed by atoms with Gasteiger partial charge >= 0.3 is 0 Å². The van der Waals surface area contributed by atoms with Gasteiger partial charge in [-0.05, 0) is 43.2 Å². The maximum atomic E-state index is 5.99. The van der Waals surface area contributed by atoms with Crippen LogP contribution in [0.3, 0.4) is 0 Å². The van der Waals surface area contributed by atoms with Crippen molar-refractivity contribution in [3.05, 3.63) is 47.2 Å². The van der Waals surface area contributed by atoms with E-state index in [1.165, 1.54) is 0 Å². The molecule has 0 bridgehead atoms. The summed E-state index contributed by atoms with van der Waals surface area (Å²) in [4.78, 5) is 8.58.